The molecule has 0 aliphatic carbocycles. The zero-order valence-corrected chi connectivity index (χ0v) is 15.9. The van der Waals surface area contributed by atoms with Crippen LogP contribution in [0, 0.1) is 5.92 Å². The Morgan fingerprint density at radius 2 is 2.31 bits per heavy atom. The van der Waals surface area contributed by atoms with Crippen LogP contribution in [0.5, 0.6) is 0 Å². The fraction of sp³-hybridized carbons (Fsp3) is 0.556. The summed E-state index contributed by atoms with van der Waals surface area (Å²) < 4.78 is 7.43. The highest BCUT2D eigenvalue weighted by molar-refractivity contribution is 7.15. The van der Waals surface area contributed by atoms with Gasteiger partial charge in [-0.05, 0) is 18.8 Å². The molecule has 1 saturated heterocycles. The maximum atomic E-state index is 12.7. The predicted octanol–water partition coefficient (Wildman–Crippen LogP) is 2.93. The standard InChI is InChI=1S/C18H23N5O2S/c1-12(2)8-15-20-17(25-21-15)13-4-3-5-22(10-13)16(24)9-14-11-23-6-7-26-18(23)19-14/h6-7,11-13H,3-5,8-10H2,1-2H3. The summed E-state index contributed by atoms with van der Waals surface area (Å²) in [6, 6.07) is 0. The number of rotatable bonds is 5. The molecule has 7 nitrogen and oxygen atoms in total. The first-order valence-electron chi connectivity index (χ1n) is 9.10. The normalized spacial score (nSPS) is 18.1. The lowest BCUT2D eigenvalue weighted by Crippen LogP contribution is -2.40. The van der Waals surface area contributed by atoms with Gasteiger partial charge in [0.1, 0.15) is 0 Å². The summed E-state index contributed by atoms with van der Waals surface area (Å²) in [5.74, 6) is 2.17. The molecule has 138 valence electrons. The number of carbonyl (C=O) groups excluding carboxylic acids is 1. The summed E-state index contributed by atoms with van der Waals surface area (Å²) in [6.07, 6.45) is 6.98. The van der Waals surface area contributed by atoms with Crippen LogP contribution >= 0.6 is 11.3 Å². The van der Waals surface area contributed by atoms with Crippen LogP contribution in [0.25, 0.3) is 4.96 Å². The molecule has 0 radical (unpaired) electrons. The number of fused-ring (bicyclic) bond motifs is 1. The van der Waals surface area contributed by atoms with E-state index in [1.807, 2.05) is 27.1 Å². The molecule has 0 N–H and O–H groups in total. The molecule has 4 rings (SSSR count). The first-order valence-corrected chi connectivity index (χ1v) is 9.98. The van der Waals surface area contributed by atoms with Crippen molar-refractivity contribution < 1.29 is 9.32 Å². The Morgan fingerprint density at radius 1 is 1.42 bits per heavy atom. The van der Waals surface area contributed by atoms with Gasteiger partial charge in [-0.1, -0.05) is 19.0 Å². The van der Waals surface area contributed by atoms with Crippen LogP contribution in [-0.4, -0.2) is 43.4 Å². The van der Waals surface area contributed by atoms with Crippen molar-refractivity contribution in [2.24, 2.45) is 5.92 Å². The summed E-state index contributed by atoms with van der Waals surface area (Å²) in [5.41, 5.74) is 0.820. The number of thiazole rings is 1. The largest absolute Gasteiger partial charge is 0.342 e. The Balaban J connectivity index is 1.40. The highest BCUT2D eigenvalue weighted by Crippen LogP contribution is 2.26. The molecule has 1 atom stereocenters. The summed E-state index contributed by atoms with van der Waals surface area (Å²) in [5, 5.41) is 6.07. The van der Waals surface area contributed by atoms with Crippen LogP contribution in [0.2, 0.25) is 0 Å². The first kappa shape index (κ1) is 17.2. The molecule has 1 aliphatic rings. The Morgan fingerprint density at radius 3 is 3.12 bits per heavy atom. The smallest absolute Gasteiger partial charge is 0.231 e. The van der Waals surface area contributed by atoms with Gasteiger partial charge >= 0.3 is 0 Å². The van der Waals surface area contributed by atoms with E-state index >= 15 is 0 Å². The molecule has 1 fully saturated rings. The summed E-state index contributed by atoms with van der Waals surface area (Å²) in [6.45, 7) is 5.70. The number of aromatic nitrogens is 4. The van der Waals surface area contributed by atoms with E-state index < -0.39 is 0 Å². The minimum atomic E-state index is 0.113. The molecule has 3 aromatic heterocycles. The van der Waals surface area contributed by atoms with Crippen LogP contribution in [0.1, 0.15) is 50.0 Å². The molecule has 4 heterocycles. The van der Waals surface area contributed by atoms with Gasteiger partial charge in [-0.2, -0.15) is 4.98 Å². The number of hydrogen-bond acceptors (Lipinski definition) is 6. The lowest BCUT2D eigenvalue weighted by molar-refractivity contribution is -0.131. The Hall–Kier alpha value is -2.22. The van der Waals surface area contributed by atoms with Crippen LogP contribution < -0.4 is 0 Å². The third-order valence-corrected chi connectivity index (χ3v) is 5.44. The van der Waals surface area contributed by atoms with Crippen molar-refractivity contribution in [3.05, 3.63) is 35.2 Å². The monoisotopic (exact) mass is 373 g/mol. The summed E-state index contributed by atoms with van der Waals surface area (Å²) in [4.78, 5) is 24.6. The zero-order chi connectivity index (χ0) is 18.1. The molecule has 0 bridgehead atoms. The highest BCUT2D eigenvalue weighted by Gasteiger charge is 2.29. The number of piperidine rings is 1. The van der Waals surface area contributed by atoms with E-state index in [2.05, 4.69) is 29.0 Å². The molecular formula is C18H23N5O2S. The lowest BCUT2D eigenvalue weighted by atomic mass is 9.97. The number of amides is 1. The molecular weight excluding hydrogens is 350 g/mol. The number of likely N-dealkylation sites (tertiary alicyclic amines) is 1. The van der Waals surface area contributed by atoms with E-state index in [4.69, 9.17) is 4.52 Å². The topological polar surface area (TPSA) is 76.5 Å². The van der Waals surface area contributed by atoms with Gasteiger partial charge in [0.05, 0.1) is 18.0 Å². The van der Waals surface area contributed by atoms with Crippen molar-refractivity contribution in [2.75, 3.05) is 13.1 Å². The minimum Gasteiger partial charge on any atom is -0.342 e. The number of imidazole rings is 1. The summed E-state index contributed by atoms with van der Waals surface area (Å²) in [7, 11) is 0. The third kappa shape index (κ3) is 3.65. The third-order valence-electron chi connectivity index (χ3n) is 4.67. The van der Waals surface area contributed by atoms with E-state index in [-0.39, 0.29) is 11.8 Å². The number of nitrogens with zero attached hydrogens (tertiary/aromatic N) is 5. The Labute approximate surface area is 156 Å². The first-order chi connectivity index (χ1) is 12.6. The highest BCUT2D eigenvalue weighted by atomic mass is 32.1. The van der Waals surface area contributed by atoms with Crippen LogP contribution in [-0.2, 0) is 17.6 Å². The SMILES string of the molecule is CC(C)Cc1noc(C2CCCN(C(=O)Cc3cn4ccsc4n3)C2)n1. The molecule has 1 unspecified atom stereocenters. The Kier molecular flexibility index (Phi) is 4.76. The fourth-order valence-electron chi connectivity index (χ4n) is 3.41. The van der Waals surface area contributed by atoms with Crippen molar-refractivity contribution in [2.45, 2.75) is 45.4 Å². The fourth-order valence-corrected chi connectivity index (χ4v) is 4.13. The second-order valence-electron chi connectivity index (χ2n) is 7.33. The molecule has 8 heteroatoms. The predicted molar refractivity (Wildman–Crippen MR) is 98.2 cm³/mol. The average Bonchev–Trinajstić information content (AvgIpc) is 3.30. The zero-order valence-electron chi connectivity index (χ0n) is 15.1. The Bertz CT molecular complexity index is 868. The van der Waals surface area contributed by atoms with Gasteiger partial charge < -0.3 is 9.42 Å². The van der Waals surface area contributed by atoms with E-state index in [9.17, 15) is 4.79 Å². The second kappa shape index (κ2) is 7.19. The van der Waals surface area contributed by atoms with Gasteiger partial charge in [-0.15, -0.1) is 11.3 Å². The maximum absolute atomic E-state index is 12.7. The van der Waals surface area contributed by atoms with E-state index in [1.165, 1.54) is 0 Å². The summed E-state index contributed by atoms with van der Waals surface area (Å²) >= 11 is 1.57. The molecule has 3 aromatic rings. The molecule has 1 amide bonds. The quantitative estimate of drug-likeness (QED) is 0.687. The number of carbonyl (C=O) groups is 1. The van der Waals surface area contributed by atoms with Crippen molar-refractivity contribution in [1.82, 2.24) is 24.4 Å². The average molecular weight is 373 g/mol. The van der Waals surface area contributed by atoms with Gasteiger partial charge in [-0.25, -0.2) is 4.98 Å². The minimum absolute atomic E-state index is 0.113. The molecule has 1 aliphatic heterocycles. The van der Waals surface area contributed by atoms with Crippen LogP contribution in [0.4, 0.5) is 0 Å². The van der Waals surface area contributed by atoms with Crippen molar-refractivity contribution in [3.8, 4) is 0 Å². The van der Waals surface area contributed by atoms with Gasteiger partial charge in [0.25, 0.3) is 0 Å². The number of hydrogen-bond donors (Lipinski definition) is 0. The van der Waals surface area contributed by atoms with Gasteiger partial charge in [-0.3, -0.25) is 9.20 Å². The molecule has 0 spiro atoms. The lowest BCUT2D eigenvalue weighted by Gasteiger charge is -2.30. The van der Waals surface area contributed by atoms with Crippen LogP contribution in [0.15, 0.2) is 22.3 Å². The van der Waals surface area contributed by atoms with Crippen molar-refractivity contribution in [1.29, 1.82) is 0 Å². The van der Waals surface area contributed by atoms with E-state index in [1.54, 1.807) is 11.3 Å². The van der Waals surface area contributed by atoms with Crippen molar-refractivity contribution in [3.63, 3.8) is 0 Å². The van der Waals surface area contributed by atoms with E-state index in [0.29, 0.717) is 24.8 Å². The maximum Gasteiger partial charge on any atom is 0.231 e. The van der Waals surface area contributed by atoms with Gasteiger partial charge in [0.15, 0.2) is 10.8 Å². The molecule has 0 saturated carbocycles. The second-order valence-corrected chi connectivity index (χ2v) is 8.20. The van der Waals surface area contributed by atoms with Crippen molar-refractivity contribution >= 4 is 22.2 Å². The van der Waals surface area contributed by atoms with E-state index in [0.717, 1.165) is 42.3 Å². The van der Waals surface area contributed by atoms with Gasteiger partial charge in [0.2, 0.25) is 11.8 Å². The van der Waals surface area contributed by atoms with Gasteiger partial charge in [0, 0.05) is 37.3 Å². The molecule has 26 heavy (non-hydrogen) atoms. The van der Waals surface area contributed by atoms with Crippen LogP contribution in [0.3, 0.4) is 0 Å². The molecule has 0 aromatic carbocycles.